The second-order valence-electron chi connectivity index (χ2n) is 12.2. The number of pyridine rings is 2. The number of hydrogen-bond donors (Lipinski definition) is 4. The van der Waals surface area contributed by atoms with Crippen LogP contribution in [0.5, 0.6) is 5.75 Å². The average molecular weight is 663 g/mol. The van der Waals surface area contributed by atoms with Crippen molar-refractivity contribution in [2.45, 2.75) is 69.8 Å². The first kappa shape index (κ1) is 32.9. The summed E-state index contributed by atoms with van der Waals surface area (Å²) in [6, 6.07) is 6.48. The Bertz CT molecular complexity index is 1870. The number of alkyl halides is 3. The number of aromatic nitrogens is 4. The molecule has 0 radical (unpaired) electrons. The summed E-state index contributed by atoms with van der Waals surface area (Å²) < 4.78 is 47.2. The van der Waals surface area contributed by atoms with Crippen LogP contribution in [0.25, 0.3) is 28.2 Å². The SMILES string of the molecule is COc1cc(-c2nn3c4c(cnc(N)c24)/C=C/CCN[C@H](C)CC(=O)N[C@@H]2CCC[C@@H]3C2)ccc1C(=O)Nc1cc(C(F)(F)F)ccn1. The molecule has 48 heavy (non-hydrogen) atoms. The van der Waals surface area contributed by atoms with Gasteiger partial charge in [-0.1, -0.05) is 18.2 Å². The van der Waals surface area contributed by atoms with E-state index in [2.05, 4.69) is 32.0 Å². The minimum Gasteiger partial charge on any atom is -0.496 e. The van der Waals surface area contributed by atoms with Gasteiger partial charge in [-0.2, -0.15) is 18.3 Å². The number of anilines is 2. The van der Waals surface area contributed by atoms with Crippen LogP contribution >= 0.6 is 0 Å². The number of rotatable bonds is 4. The second-order valence-corrected chi connectivity index (χ2v) is 12.2. The molecule has 2 bridgehead atoms. The molecular formula is C34H37F3N8O3. The minimum absolute atomic E-state index is 0.00124. The number of amides is 2. The van der Waals surface area contributed by atoms with Crippen LogP contribution in [-0.2, 0) is 11.0 Å². The van der Waals surface area contributed by atoms with Gasteiger partial charge in [0.25, 0.3) is 5.91 Å². The summed E-state index contributed by atoms with van der Waals surface area (Å²) in [7, 11) is 1.40. The Kier molecular flexibility index (Phi) is 9.35. The fourth-order valence-corrected chi connectivity index (χ4v) is 6.47. The average Bonchev–Trinajstić information content (AvgIpc) is 3.46. The lowest BCUT2D eigenvalue weighted by Gasteiger charge is -2.31. The molecule has 4 aromatic rings. The molecular weight excluding hydrogens is 625 g/mol. The Hall–Kier alpha value is -4.98. The normalized spacial score (nSPS) is 21.1. The maximum Gasteiger partial charge on any atom is 0.416 e. The zero-order chi connectivity index (χ0) is 34.0. The van der Waals surface area contributed by atoms with E-state index in [1.807, 2.05) is 17.7 Å². The van der Waals surface area contributed by atoms with Crippen molar-refractivity contribution in [2.75, 3.05) is 24.7 Å². The Morgan fingerprint density at radius 2 is 2.00 bits per heavy atom. The molecule has 1 aliphatic heterocycles. The van der Waals surface area contributed by atoms with Crippen molar-refractivity contribution in [3.8, 4) is 17.0 Å². The molecule has 2 amide bonds. The van der Waals surface area contributed by atoms with Crippen LogP contribution in [-0.4, -0.2) is 57.3 Å². The van der Waals surface area contributed by atoms with Crippen molar-refractivity contribution < 1.29 is 27.5 Å². The Balaban J connectivity index is 1.40. The van der Waals surface area contributed by atoms with Gasteiger partial charge >= 0.3 is 6.18 Å². The molecule has 1 aromatic carbocycles. The first-order valence-electron chi connectivity index (χ1n) is 15.9. The number of halogens is 3. The van der Waals surface area contributed by atoms with Gasteiger partial charge in [0.05, 0.1) is 35.2 Å². The fraction of sp³-hybridized carbons (Fsp3) is 0.382. The van der Waals surface area contributed by atoms with Crippen molar-refractivity contribution in [2.24, 2.45) is 0 Å². The zero-order valence-electron chi connectivity index (χ0n) is 26.6. The molecule has 11 nitrogen and oxygen atoms in total. The summed E-state index contributed by atoms with van der Waals surface area (Å²) in [6.45, 7) is 2.72. The van der Waals surface area contributed by atoms with Gasteiger partial charge in [-0.3, -0.25) is 14.3 Å². The highest BCUT2D eigenvalue weighted by atomic mass is 19.4. The maximum atomic E-state index is 13.2. The lowest BCUT2D eigenvalue weighted by molar-refractivity contribution is -0.137. The summed E-state index contributed by atoms with van der Waals surface area (Å²) in [5.74, 6) is -0.455. The molecule has 4 heterocycles. The van der Waals surface area contributed by atoms with Crippen LogP contribution in [0.3, 0.4) is 0 Å². The van der Waals surface area contributed by atoms with Crippen LogP contribution < -0.4 is 26.4 Å². The molecule has 0 unspecified atom stereocenters. The van der Waals surface area contributed by atoms with E-state index in [1.54, 1.807) is 18.3 Å². The van der Waals surface area contributed by atoms with Crippen molar-refractivity contribution >= 4 is 40.4 Å². The summed E-state index contributed by atoms with van der Waals surface area (Å²) >= 11 is 0. The Labute approximate surface area is 275 Å². The van der Waals surface area contributed by atoms with E-state index in [0.29, 0.717) is 36.0 Å². The zero-order valence-corrected chi connectivity index (χ0v) is 26.6. The number of nitrogen functional groups attached to an aromatic ring is 1. The van der Waals surface area contributed by atoms with E-state index >= 15 is 0 Å². The van der Waals surface area contributed by atoms with Gasteiger partial charge in [-0.25, -0.2) is 9.97 Å². The number of nitrogens with zero attached hydrogens (tertiary/aromatic N) is 4. The fourth-order valence-electron chi connectivity index (χ4n) is 6.47. The van der Waals surface area contributed by atoms with Crippen LogP contribution in [0.1, 0.15) is 73.0 Å². The summed E-state index contributed by atoms with van der Waals surface area (Å²) in [4.78, 5) is 34.4. The largest absolute Gasteiger partial charge is 0.496 e. The topological polar surface area (TPSA) is 149 Å². The van der Waals surface area contributed by atoms with Crippen LogP contribution in [0.2, 0.25) is 0 Å². The standard InChI is InChI=1S/C34H37F3N8O3/c1-19-14-28(46)42-23-7-5-8-24(17-23)45-31-21(6-3-4-12-39-19)18-41-32(38)29(31)30(44-45)20-9-10-25(26(15-20)48-2)33(47)43-27-16-22(11-13-40-27)34(35,36)37/h3,6,9-11,13,15-16,18-19,23-24,39H,4-5,7-8,12,14,17H2,1-2H3,(H2,38,41)(H,42,46)(H,40,43,47)/b6-3+/t19-,23-,24-/m1/s1. The molecule has 1 fully saturated rings. The third kappa shape index (κ3) is 6.98. The number of nitrogens with one attached hydrogen (secondary N) is 3. The highest BCUT2D eigenvalue weighted by Gasteiger charge is 2.32. The highest BCUT2D eigenvalue weighted by Crippen LogP contribution is 2.40. The summed E-state index contributed by atoms with van der Waals surface area (Å²) in [5.41, 5.74) is 8.51. The smallest absolute Gasteiger partial charge is 0.416 e. The lowest BCUT2D eigenvalue weighted by atomic mass is 9.90. The van der Waals surface area contributed by atoms with E-state index in [-0.39, 0.29) is 47.0 Å². The van der Waals surface area contributed by atoms with E-state index < -0.39 is 17.6 Å². The number of nitrogens with two attached hydrogens (primary N) is 1. The lowest BCUT2D eigenvalue weighted by Crippen LogP contribution is -2.41. The molecule has 1 saturated carbocycles. The molecule has 6 rings (SSSR count). The molecule has 0 saturated heterocycles. The Morgan fingerprint density at radius 3 is 2.79 bits per heavy atom. The Morgan fingerprint density at radius 1 is 1.17 bits per heavy atom. The van der Waals surface area contributed by atoms with Crippen LogP contribution in [0.4, 0.5) is 24.8 Å². The van der Waals surface area contributed by atoms with E-state index in [4.69, 9.17) is 15.6 Å². The summed E-state index contributed by atoms with van der Waals surface area (Å²) in [6.07, 6.45) is 6.68. The third-order valence-electron chi connectivity index (χ3n) is 8.78. The first-order valence-corrected chi connectivity index (χ1v) is 15.9. The monoisotopic (exact) mass is 662 g/mol. The van der Waals surface area contributed by atoms with Gasteiger partial charge in [-0.15, -0.1) is 0 Å². The molecule has 5 N–H and O–H groups in total. The van der Waals surface area contributed by atoms with E-state index in [0.717, 1.165) is 55.1 Å². The predicted octanol–water partition coefficient (Wildman–Crippen LogP) is 5.74. The maximum absolute atomic E-state index is 13.2. The van der Waals surface area contributed by atoms with E-state index in [1.165, 1.54) is 13.2 Å². The quantitative estimate of drug-likeness (QED) is 0.216. The number of fused-ring (bicyclic) bond motifs is 3. The molecule has 0 spiro atoms. The number of methoxy groups -OCH3 is 1. The van der Waals surface area contributed by atoms with Crippen LogP contribution in [0, 0.1) is 0 Å². The number of carbonyl (C=O) groups excluding carboxylic acids is 2. The number of ether oxygens (including phenoxy) is 1. The minimum atomic E-state index is -4.59. The third-order valence-corrected chi connectivity index (χ3v) is 8.78. The predicted molar refractivity (Wildman–Crippen MR) is 176 cm³/mol. The van der Waals surface area contributed by atoms with Gasteiger partial charge in [0, 0.05) is 42.0 Å². The van der Waals surface area contributed by atoms with Crippen molar-refractivity contribution in [3.05, 3.63) is 65.5 Å². The molecule has 252 valence electrons. The van der Waals surface area contributed by atoms with Gasteiger partial charge in [0.15, 0.2) is 0 Å². The number of carbonyl (C=O) groups is 2. The molecule has 3 aromatic heterocycles. The van der Waals surface area contributed by atoms with Crippen molar-refractivity contribution in [1.29, 1.82) is 0 Å². The molecule has 2 aliphatic rings. The van der Waals surface area contributed by atoms with Gasteiger partial charge in [-0.05, 0) is 69.8 Å². The van der Waals surface area contributed by atoms with Crippen LogP contribution in [0.15, 0.2) is 48.8 Å². The van der Waals surface area contributed by atoms with E-state index in [9.17, 15) is 22.8 Å². The van der Waals surface area contributed by atoms with Crippen molar-refractivity contribution in [1.82, 2.24) is 30.4 Å². The molecule has 14 heteroatoms. The second kappa shape index (κ2) is 13.6. The van der Waals surface area contributed by atoms with Gasteiger partial charge in [0.2, 0.25) is 5.91 Å². The van der Waals surface area contributed by atoms with Gasteiger partial charge in [0.1, 0.15) is 23.1 Å². The molecule has 3 atom stereocenters. The number of benzene rings is 1. The summed E-state index contributed by atoms with van der Waals surface area (Å²) in [5, 5.41) is 14.8. The molecule has 1 aliphatic carbocycles. The van der Waals surface area contributed by atoms with Gasteiger partial charge < -0.3 is 26.4 Å². The number of hydrogen-bond acceptors (Lipinski definition) is 8. The first-order chi connectivity index (χ1) is 23.0. The highest BCUT2D eigenvalue weighted by molar-refractivity contribution is 6.07. The van der Waals surface area contributed by atoms with Crippen molar-refractivity contribution in [3.63, 3.8) is 0 Å².